The van der Waals surface area contributed by atoms with Crippen LogP contribution in [0.2, 0.25) is 0 Å². The lowest BCUT2D eigenvalue weighted by molar-refractivity contribution is -0.137. The van der Waals surface area contributed by atoms with E-state index in [1.807, 2.05) is 0 Å². The first-order valence-electron chi connectivity index (χ1n) is 7.38. The molecule has 2 N–H and O–H groups in total. The van der Waals surface area contributed by atoms with Gasteiger partial charge in [-0.25, -0.2) is 4.39 Å². The van der Waals surface area contributed by atoms with Crippen molar-refractivity contribution < 1.29 is 27.2 Å². The molecule has 0 aliphatic rings. The zero-order chi connectivity index (χ0) is 19.3. The van der Waals surface area contributed by atoms with Crippen LogP contribution in [0.25, 0.3) is 6.08 Å². The van der Waals surface area contributed by atoms with Gasteiger partial charge in [0, 0.05) is 18.7 Å². The topological polar surface area (TPSA) is 58.2 Å². The summed E-state index contributed by atoms with van der Waals surface area (Å²) in [6.07, 6.45) is -2.46. The normalized spacial score (nSPS) is 11.4. The van der Waals surface area contributed by atoms with E-state index in [1.165, 1.54) is 43.3 Å². The fraction of sp³-hybridized carbons (Fsp3) is 0.111. The van der Waals surface area contributed by atoms with Crippen LogP contribution in [-0.4, -0.2) is 11.8 Å². The van der Waals surface area contributed by atoms with Crippen LogP contribution < -0.4 is 10.6 Å². The van der Waals surface area contributed by atoms with E-state index >= 15 is 0 Å². The van der Waals surface area contributed by atoms with Gasteiger partial charge in [-0.15, -0.1) is 0 Å². The number of carbonyl (C=O) groups excluding carboxylic acids is 2. The molecule has 0 fully saturated rings. The molecular weight excluding hydrogens is 352 g/mol. The summed E-state index contributed by atoms with van der Waals surface area (Å²) in [6, 6.07) is 8.39. The lowest BCUT2D eigenvalue weighted by Gasteiger charge is -2.15. The number of nitrogens with one attached hydrogen (secondary N) is 2. The molecule has 0 heterocycles. The Bertz CT molecular complexity index is 861. The average molecular weight is 366 g/mol. The summed E-state index contributed by atoms with van der Waals surface area (Å²) in [6.45, 7) is 1.17. The van der Waals surface area contributed by atoms with Crippen molar-refractivity contribution in [3.8, 4) is 0 Å². The van der Waals surface area contributed by atoms with E-state index in [4.69, 9.17) is 0 Å². The number of carbonyl (C=O) groups is 2. The minimum Gasteiger partial charge on any atom is -0.326 e. The Morgan fingerprint density at radius 3 is 2.38 bits per heavy atom. The molecule has 2 aromatic rings. The van der Waals surface area contributed by atoms with Crippen molar-refractivity contribution in [1.29, 1.82) is 0 Å². The lowest BCUT2D eigenvalue weighted by atomic mass is 10.1. The number of rotatable bonds is 4. The Hall–Kier alpha value is -3.16. The molecule has 8 heteroatoms. The van der Waals surface area contributed by atoms with E-state index < -0.39 is 35.1 Å². The molecule has 0 aliphatic heterocycles. The van der Waals surface area contributed by atoms with E-state index in [1.54, 1.807) is 0 Å². The number of hydrogen-bond acceptors (Lipinski definition) is 2. The van der Waals surface area contributed by atoms with Crippen LogP contribution in [0.15, 0.2) is 48.5 Å². The number of halogens is 4. The van der Waals surface area contributed by atoms with Crippen molar-refractivity contribution in [2.24, 2.45) is 0 Å². The summed E-state index contributed by atoms with van der Waals surface area (Å²) < 4.78 is 52.6. The van der Waals surface area contributed by atoms with E-state index in [9.17, 15) is 27.2 Å². The first kappa shape index (κ1) is 19.2. The molecule has 4 nitrogen and oxygen atoms in total. The van der Waals surface area contributed by atoms with Crippen molar-refractivity contribution >= 4 is 29.3 Å². The van der Waals surface area contributed by atoms with Gasteiger partial charge in [0.2, 0.25) is 11.8 Å². The molecule has 0 bridgehead atoms. The summed E-state index contributed by atoms with van der Waals surface area (Å²) in [4.78, 5) is 22.9. The maximum Gasteiger partial charge on any atom is 0.418 e. The van der Waals surface area contributed by atoms with Crippen LogP contribution >= 0.6 is 0 Å². The van der Waals surface area contributed by atoms with Crippen LogP contribution in [0.3, 0.4) is 0 Å². The van der Waals surface area contributed by atoms with Gasteiger partial charge in [-0.05, 0) is 42.0 Å². The Morgan fingerprint density at radius 2 is 1.77 bits per heavy atom. The number of alkyl halides is 3. The van der Waals surface area contributed by atoms with Crippen LogP contribution in [0.5, 0.6) is 0 Å². The average Bonchev–Trinajstić information content (AvgIpc) is 2.53. The summed E-state index contributed by atoms with van der Waals surface area (Å²) in [5, 5.41) is 4.38. The molecule has 136 valence electrons. The van der Waals surface area contributed by atoms with Gasteiger partial charge in [-0.3, -0.25) is 9.59 Å². The second-order valence-corrected chi connectivity index (χ2v) is 5.32. The second-order valence-electron chi connectivity index (χ2n) is 5.32. The molecule has 0 saturated carbocycles. The van der Waals surface area contributed by atoms with Gasteiger partial charge < -0.3 is 10.6 Å². The summed E-state index contributed by atoms with van der Waals surface area (Å²) >= 11 is 0. The number of amides is 2. The second kappa shape index (κ2) is 7.81. The molecule has 0 atom stereocenters. The van der Waals surface area contributed by atoms with E-state index in [0.29, 0.717) is 5.56 Å². The number of hydrogen-bond donors (Lipinski definition) is 2. The van der Waals surface area contributed by atoms with Crippen molar-refractivity contribution in [1.82, 2.24) is 0 Å². The first-order valence-corrected chi connectivity index (χ1v) is 7.38. The Morgan fingerprint density at radius 1 is 1.04 bits per heavy atom. The van der Waals surface area contributed by atoms with Gasteiger partial charge in [0.15, 0.2) is 0 Å². The van der Waals surface area contributed by atoms with Gasteiger partial charge in [-0.1, -0.05) is 12.1 Å². The maximum atomic E-state index is 13.2. The third-order valence-corrected chi connectivity index (χ3v) is 3.18. The minimum atomic E-state index is -4.73. The van der Waals surface area contributed by atoms with Crippen LogP contribution in [0, 0.1) is 5.82 Å². The lowest BCUT2D eigenvalue weighted by Crippen LogP contribution is -2.16. The first-order chi connectivity index (χ1) is 12.1. The SMILES string of the molecule is CC(=O)Nc1ccc(NC(=O)/C=C/c2cccc(F)c2)c(C(F)(F)F)c1. The highest BCUT2D eigenvalue weighted by Crippen LogP contribution is 2.36. The molecule has 2 rings (SSSR count). The molecule has 2 aromatic carbocycles. The quantitative estimate of drug-likeness (QED) is 0.620. The predicted molar refractivity (Wildman–Crippen MR) is 89.8 cm³/mol. The Labute approximate surface area is 146 Å². The fourth-order valence-electron chi connectivity index (χ4n) is 2.13. The van der Waals surface area contributed by atoms with E-state index in [0.717, 1.165) is 18.2 Å². The molecule has 0 saturated heterocycles. The standard InChI is InChI=1S/C18H14F4N2O2/c1-11(25)23-14-6-7-16(15(10-14)18(20,21)22)24-17(26)8-5-12-3-2-4-13(19)9-12/h2-10H,1H3,(H,23,25)(H,24,26)/b8-5+. The minimum absolute atomic E-state index is 0.0434. The predicted octanol–water partition coefficient (Wildman–Crippen LogP) is 4.45. The van der Waals surface area contributed by atoms with Crippen LogP contribution in [0.1, 0.15) is 18.1 Å². The van der Waals surface area contributed by atoms with Gasteiger partial charge in [-0.2, -0.15) is 13.2 Å². The Balaban J connectivity index is 2.22. The molecule has 0 radical (unpaired) electrons. The zero-order valence-corrected chi connectivity index (χ0v) is 13.5. The zero-order valence-electron chi connectivity index (χ0n) is 13.5. The highest BCUT2D eigenvalue weighted by molar-refractivity contribution is 6.02. The van der Waals surface area contributed by atoms with Crippen LogP contribution in [0.4, 0.5) is 28.9 Å². The summed E-state index contributed by atoms with van der Waals surface area (Å²) in [5.74, 6) is -1.83. The van der Waals surface area contributed by atoms with Crippen molar-refractivity contribution in [3.63, 3.8) is 0 Å². The molecule has 0 aliphatic carbocycles. The van der Waals surface area contributed by atoms with Crippen molar-refractivity contribution in [2.45, 2.75) is 13.1 Å². The van der Waals surface area contributed by atoms with Gasteiger partial charge in [0.25, 0.3) is 0 Å². The van der Waals surface area contributed by atoms with Crippen molar-refractivity contribution in [2.75, 3.05) is 10.6 Å². The molecule has 26 heavy (non-hydrogen) atoms. The van der Waals surface area contributed by atoms with Crippen molar-refractivity contribution in [3.05, 3.63) is 65.5 Å². The van der Waals surface area contributed by atoms with E-state index in [-0.39, 0.29) is 5.69 Å². The van der Waals surface area contributed by atoms with Crippen LogP contribution in [-0.2, 0) is 15.8 Å². The molecule has 0 unspecified atom stereocenters. The summed E-state index contributed by atoms with van der Waals surface area (Å²) in [5.41, 5.74) is -1.22. The number of anilines is 2. The molecule has 0 aromatic heterocycles. The summed E-state index contributed by atoms with van der Waals surface area (Å²) in [7, 11) is 0. The Kier molecular flexibility index (Phi) is 5.76. The largest absolute Gasteiger partial charge is 0.418 e. The van der Waals surface area contributed by atoms with E-state index in [2.05, 4.69) is 10.6 Å². The number of benzene rings is 2. The highest BCUT2D eigenvalue weighted by atomic mass is 19.4. The smallest absolute Gasteiger partial charge is 0.326 e. The van der Waals surface area contributed by atoms with Gasteiger partial charge >= 0.3 is 6.18 Å². The highest BCUT2D eigenvalue weighted by Gasteiger charge is 2.34. The monoisotopic (exact) mass is 366 g/mol. The molecular formula is C18H14F4N2O2. The maximum absolute atomic E-state index is 13.2. The third-order valence-electron chi connectivity index (χ3n) is 3.18. The molecule has 0 spiro atoms. The van der Waals surface area contributed by atoms with Gasteiger partial charge in [0.1, 0.15) is 5.82 Å². The fourth-order valence-corrected chi connectivity index (χ4v) is 2.13. The third kappa shape index (κ3) is 5.44. The molecule has 2 amide bonds. The van der Waals surface area contributed by atoms with Gasteiger partial charge in [0.05, 0.1) is 11.3 Å².